The highest BCUT2D eigenvalue weighted by molar-refractivity contribution is 9.10. The quantitative estimate of drug-likeness (QED) is 0.439. The van der Waals surface area contributed by atoms with E-state index in [2.05, 4.69) is 26.6 Å². The van der Waals surface area contributed by atoms with Crippen LogP contribution in [0.1, 0.15) is 16.9 Å². The molecule has 0 saturated carbocycles. The number of hydrogen-bond acceptors (Lipinski definition) is 5. The van der Waals surface area contributed by atoms with E-state index in [4.69, 9.17) is 4.74 Å². The predicted molar refractivity (Wildman–Crippen MR) is 136 cm³/mol. The van der Waals surface area contributed by atoms with Crippen LogP contribution in [0.3, 0.4) is 0 Å². The molecule has 1 saturated heterocycles. The Kier molecular flexibility index (Phi) is 7.64. The van der Waals surface area contributed by atoms with Crippen molar-refractivity contribution >= 4 is 56.4 Å². The molecule has 3 aromatic rings. The summed E-state index contributed by atoms with van der Waals surface area (Å²) < 4.78 is 6.55. The highest BCUT2D eigenvalue weighted by atomic mass is 79.9. The Morgan fingerprint density at radius 1 is 1.18 bits per heavy atom. The molecule has 7 nitrogen and oxygen atoms in total. The number of ether oxygens (including phenoxy) is 1. The minimum atomic E-state index is -0.380. The summed E-state index contributed by atoms with van der Waals surface area (Å²) >= 11 is 5.02. The number of nitrogens with zero attached hydrogens (tertiary/aromatic N) is 1. The highest BCUT2D eigenvalue weighted by Crippen LogP contribution is 2.27. The Labute approximate surface area is 210 Å². The van der Waals surface area contributed by atoms with Gasteiger partial charge in [0.05, 0.1) is 12.5 Å². The van der Waals surface area contributed by atoms with Gasteiger partial charge in [-0.25, -0.2) is 0 Å². The van der Waals surface area contributed by atoms with Crippen molar-refractivity contribution in [3.05, 3.63) is 74.9 Å². The minimum Gasteiger partial charge on any atom is -0.484 e. The Hall–Kier alpha value is -3.17. The summed E-state index contributed by atoms with van der Waals surface area (Å²) in [5.74, 6) is -0.334. The lowest BCUT2D eigenvalue weighted by Crippen LogP contribution is -2.32. The van der Waals surface area contributed by atoms with E-state index in [1.165, 1.54) is 0 Å². The third-order valence-corrected chi connectivity index (χ3v) is 7.24. The maximum absolute atomic E-state index is 12.5. The van der Waals surface area contributed by atoms with Crippen LogP contribution >= 0.6 is 27.3 Å². The first-order valence-corrected chi connectivity index (χ1v) is 12.5. The summed E-state index contributed by atoms with van der Waals surface area (Å²) in [5, 5.41) is 7.68. The van der Waals surface area contributed by atoms with E-state index < -0.39 is 0 Å². The summed E-state index contributed by atoms with van der Waals surface area (Å²) in [5.41, 5.74) is 2.42. The number of anilines is 2. The Morgan fingerprint density at radius 2 is 1.97 bits per heavy atom. The van der Waals surface area contributed by atoms with Crippen LogP contribution in [0.15, 0.2) is 64.5 Å². The second-order valence-corrected chi connectivity index (χ2v) is 9.88. The maximum Gasteiger partial charge on any atom is 0.262 e. The molecule has 1 aliphatic heterocycles. The first-order valence-electron chi connectivity index (χ1n) is 10.8. The van der Waals surface area contributed by atoms with Gasteiger partial charge in [-0.05, 0) is 66.4 Å². The molecule has 9 heteroatoms. The van der Waals surface area contributed by atoms with Gasteiger partial charge in [-0.2, -0.15) is 0 Å². The molecule has 1 aromatic heterocycles. The van der Waals surface area contributed by atoms with Crippen LogP contribution in [0.5, 0.6) is 5.75 Å². The Bertz CT molecular complexity index is 1180. The van der Waals surface area contributed by atoms with Gasteiger partial charge in [-0.3, -0.25) is 14.4 Å². The van der Waals surface area contributed by atoms with Gasteiger partial charge < -0.3 is 20.3 Å². The summed E-state index contributed by atoms with van der Waals surface area (Å²) in [6, 6.07) is 16.4. The molecule has 176 valence electrons. The van der Waals surface area contributed by atoms with Gasteiger partial charge in [0, 0.05) is 33.7 Å². The molecule has 2 N–H and O–H groups in total. The number of benzene rings is 2. The van der Waals surface area contributed by atoms with Gasteiger partial charge in [-0.15, -0.1) is 11.3 Å². The smallest absolute Gasteiger partial charge is 0.262 e. The average Bonchev–Trinajstić information content (AvgIpc) is 3.49. The Morgan fingerprint density at radius 3 is 2.68 bits per heavy atom. The molecule has 4 rings (SSSR count). The topological polar surface area (TPSA) is 87.7 Å². The van der Waals surface area contributed by atoms with Crippen molar-refractivity contribution in [2.45, 2.75) is 19.9 Å². The van der Waals surface area contributed by atoms with E-state index >= 15 is 0 Å². The molecule has 0 unspecified atom stereocenters. The van der Waals surface area contributed by atoms with Crippen molar-refractivity contribution < 1.29 is 19.1 Å². The van der Waals surface area contributed by atoms with E-state index in [1.54, 1.807) is 40.5 Å². The standard InChI is InChI=1S/C25H24BrN3O4S/c1-16-11-18(4-9-22(16)26)28-23(30)15-33-20-7-5-19(6-8-20)29-14-17(12-24(29)31)25(32)27-13-21-3-2-10-34-21/h2-11,17H,12-15H2,1H3,(H,27,32)(H,28,30)/t17-/m1/s1. The summed E-state index contributed by atoms with van der Waals surface area (Å²) in [6.07, 6.45) is 0.185. The molecule has 2 heterocycles. The van der Waals surface area contributed by atoms with Gasteiger partial charge >= 0.3 is 0 Å². The van der Waals surface area contributed by atoms with Crippen molar-refractivity contribution in [1.29, 1.82) is 0 Å². The third-order valence-electron chi connectivity index (χ3n) is 5.47. The van der Waals surface area contributed by atoms with Gasteiger partial charge in [0.15, 0.2) is 6.61 Å². The van der Waals surface area contributed by atoms with Crippen molar-refractivity contribution in [2.24, 2.45) is 5.92 Å². The lowest BCUT2D eigenvalue weighted by atomic mass is 10.1. The molecular formula is C25H24BrN3O4S. The molecule has 0 bridgehead atoms. The number of carbonyl (C=O) groups is 3. The number of thiophene rings is 1. The number of nitrogens with one attached hydrogen (secondary N) is 2. The molecule has 0 radical (unpaired) electrons. The maximum atomic E-state index is 12.5. The molecule has 1 atom stereocenters. The fourth-order valence-electron chi connectivity index (χ4n) is 3.66. The first-order chi connectivity index (χ1) is 16.4. The SMILES string of the molecule is Cc1cc(NC(=O)COc2ccc(N3C[C@H](C(=O)NCc4cccs4)CC3=O)cc2)ccc1Br. The zero-order valence-electron chi connectivity index (χ0n) is 18.5. The molecule has 1 fully saturated rings. The van der Waals surface area contributed by atoms with E-state index in [0.717, 1.165) is 14.9 Å². The second kappa shape index (κ2) is 10.8. The predicted octanol–water partition coefficient (Wildman–Crippen LogP) is 4.51. The fraction of sp³-hybridized carbons (Fsp3) is 0.240. The molecule has 3 amide bonds. The number of aryl methyl sites for hydroxylation is 1. The van der Waals surface area contributed by atoms with Gasteiger partial charge in [0.2, 0.25) is 11.8 Å². The van der Waals surface area contributed by atoms with Crippen LogP contribution in [0.2, 0.25) is 0 Å². The number of hydrogen-bond donors (Lipinski definition) is 2. The summed E-state index contributed by atoms with van der Waals surface area (Å²) in [4.78, 5) is 39.9. The van der Waals surface area contributed by atoms with Crippen LogP contribution in [-0.2, 0) is 20.9 Å². The lowest BCUT2D eigenvalue weighted by molar-refractivity contribution is -0.126. The zero-order valence-corrected chi connectivity index (χ0v) is 20.9. The highest BCUT2D eigenvalue weighted by Gasteiger charge is 2.35. The number of amides is 3. The van der Waals surface area contributed by atoms with Crippen molar-refractivity contribution in [3.8, 4) is 5.75 Å². The van der Waals surface area contributed by atoms with Gasteiger partial charge in [0.1, 0.15) is 5.75 Å². The van der Waals surface area contributed by atoms with Crippen molar-refractivity contribution in [3.63, 3.8) is 0 Å². The first kappa shape index (κ1) is 24.0. The number of rotatable bonds is 8. The van der Waals surface area contributed by atoms with E-state index in [-0.39, 0.29) is 36.7 Å². The molecule has 34 heavy (non-hydrogen) atoms. The fourth-order valence-corrected chi connectivity index (χ4v) is 4.55. The summed E-state index contributed by atoms with van der Waals surface area (Å²) in [7, 11) is 0. The van der Waals surface area contributed by atoms with Gasteiger partial charge in [-0.1, -0.05) is 22.0 Å². The second-order valence-electron chi connectivity index (χ2n) is 8.00. The molecule has 1 aliphatic rings. The largest absolute Gasteiger partial charge is 0.484 e. The molecule has 2 aromatic carbocycles. The van der Waals surface area contributed by atoms with Crippen LogP contribution in [0.25, 0.3) is 0 Å². The number of carbonyl (C=O) groups excluding carboxylic acids is 3. The van der Waals surface area contributed by atoms with Crippen molar-refractivity contribution in [1.82, 2.24) is 5.32 Å². The Balaban J connectivity index is 1.27. The number of halogens is 1. The molecular weight excluding hydrogens is 518 g/mol. The van der Waals surface area contributed by atoms with Crippen LogP contribution < -0.4 is 20.3 Å². The lowest BCUT2D eigenvalue weighted by Gasteiger charge is -2.17. The summed E-state index contributed by atoms with van der Waals surface area (Å²) in [6.45, 7) is 2.62. The average molecular weight is 542 g/mol. The minimum absolute atomic E-state index is 0.0888. The van der Waals surface area contributed by atoms with Gasteiger partial charge in [0.25, 0.3) is 5.91 Å². The monoisotopic (exact) mass is 541 g/mol. The molecule has 0 spiro atoms. The van der Waals surface area contributed by atoms with Crippen LogP contribution in [0.4, 0.5) is 11.4 Å². The third kappa shape index (κ3) is 6.03. The van der Waals surface area contributed by atoms with E-state index in [1.807, 2.05) is 42.6 Å². The molecule has 0 aliphatic carbocycles. The van der Waals surface area contributed by atoms with E-state index in [0.29, 0.717) is 30.2 Å². The van der Waals surface area contributed by atoms with Crippen molar-refractivity contribution in [2.75, 3.05) is 23.4 Å². The normalized spacial score (nSPS) is 15.3. The van der Waals surface area contributed by atoms with E-state index in [9.17, 15) is 14.4 Å². The van der Waals surface area contributed by atoms with Crippen LogP contribution in [-0.4, -0.2) is 30.9 Å². The zero-order chi connectivity index (χ0) is 24.1. The van der Waals surface area contributed by atoms with Crippen LogP contribution in [0, 0.1) is 12.8 Å².